The third-order valence-corrected chi connectivity index (χ3v) is 4.76. The van der Waals surface area contributed by atoms with Crippen LogP contribution in [0.1, 0.15) is 33.2 Å². The molecule has 0 spiro atoms. The number of aromatic nitrogens is 2. The maximum absolute atomic E-state index is 13.5. The summed E-state index contributed by atoms with van der Waals surface area (Å²) >= 11 is 1.17. The number of halogens is 1. The summed E-state index contributed by atoms with van der Waals surface area (Å²) in [6, 6.07) is 4.60. The van der Waals surface area contributed by atoms with Gasteiger partial charge in [0, 0.05) is 6.04 Å². The summed E-state index contributed by atoms with van der Waals surface area (Å²) < 4.78 is 15.5. The van der Waals surface area contributed by atoms with E-state index in [1.807, 2.05) is 4.57 Å². The Balaban J connectivity index is 2.52. The number of carbonyl (C=O) groups is 1. The van der Waals surface area contributed by atoms with Crippen molar-refractivity contribution in [2.45, 2.75) is 38.4 Å². The van der Waals surface area contributed by atoms with Gasteiger partial charge in [0.05, 0.1) is 16.8 Å². The Morgan fingerprint density at radius 3 is 2.81 bits per heavy atom. The summed E-state index contributed by atoms with van der Waals surface area (Å²) in [7, 11) is 0. The molecule has 0 bridgehead atoms. The molecule has 1 aromatic carbocycles. The lowest BCUT2D eigenvalue weighted by atomic mass is 10.0. The fraction of sp³-hybridized carbons (Fsp3) is 0.467. The molecule has 6 heteroatoms. The fourth-order valence-electron chi connectivity index (χ4n) is 2.26. The molecule has 1 aromatic heterocycles. The van der Waals surface area contributed by atoms with Crippen molar-refractivity contribution >= 4 is 28.8 Å². The van der Waals surface area contributed by atoms with Crippen LogP contribution in [0.5, 0.6) is 0 Å². The summed E-state index contributed by atoms with van der Waals surface area (Å²) in [5.41, 5.74) is 1.41. The van der Waals surface area contributed by atoms with Gasteiger partial charge in [0.25, 0.3) is 0 Å². The van der Waals surface area contributed by atoms with Gasteiger partial charge in [0.15, 0.2) is 5.16 Å². The first kappa shape index (κ1) is 15.8. The molecule has 2 atom stereocenters. The van der Waals surface area contributed by atoms with Crippen LogP contribution in [0.2, 0.25) is 0 Å². The largest absolute Gasteiger partial charge is 0.481 e. The third-order valence-electron chi connectivity index (χ3n) is 3.82. The quantitative estimate of drug-likeness (QED) is 0.821. The molecule has 0 saturated heterocycles. The highest BCUT2D eigenvalue weighted by Crippen LogP contribution is 2.32. The second-order valence-corrected chi connectivity index (χ2v) is 6.15. The second-order valence-electron chi connectivity index (χ2n) is 5.21. The number of thioether (sulfide) groups is 1. The molecule has 114 valence electrons. The Labute approximate surface area is 127 Å². The normalized spacial score (nSPS) is 14.3. The van der Waals surface area contributed by atoms with Gasteiger partial charge in [-0.2, -0.15) is 0 Å². The Bertz CT molecular complexity index is 656. The van der Waals surface area contributed by atoms with Crippen LogP contribution in [0.4, 0.5) is 4.39 Å². The Morgan fingerprint density at radius 2 is 2.19 bits per heavy atom. The van der Waals surface area contributed by atoms with Crippen LogP contribution in [-0.2, 0) is 4.79 Å². The zero-order chi connectivity index (χ0) is 15.6. The Kier molecular flexibility index (Phi) is 4.88. The number of rotatable bonds is 6. The van der Waals surface area contributed by atoms with E-state index in [0.29, 0.717) is 16.6 Å². The van der Waals surface area contributed by atoms with Crippen LogP contribution in [0.3, 0.4) is 0 Å². The SMILES string of the molecule is CCC(C)C(C)n1c(SCC(=O)O)nc2ccc(F)cc21. The highest BCUT2D eigenvalue weighted by atomic mass is 32.2. The lowest BCUT2D eigenvalue weighted by Gasteiger charge is -2.22. The van der Waals surface area contributed by atoms with Crippen LogP contribution in [0.15, 0.2) is 23.4 Å². The zero-order valence-electron chi connectivity index (χ0n) is 12.3. The Morgan fingerprint density at radius 1 is 1.48 bits per heavy atom. The number of fused-ring (bicyclic) bond motifs is 1. The van der Waals surface area contributed by atoms with E-state index in [1.54, 1.807) is 6.07 Å². The fourth-order valence-corrected chi connectivity index (χ4v) is 3.08. The standard InChI is InChI=1S/C15H19FN2O2S/c1-4-9(2)10(3)18-13-7-11(16)5-6-12(13)17-15(18)21-8-14(19)20/h5-7,9-10H,4,8H2,1-3H3,(H,19,20). The number of imidazole rings is 1. The molecule has 1 N–H and O–H groups in total. The van der Waals surface area contributed by atoms with E-state index < -0.39 is 5.97 Å². The van der Waals surface area contributed by atoms with E-state index in [9.17, 15) is 9.18 Å². The first-order valence-electron chi connectivity index (χ1n) is 6.96. The number of carboxylic acid groups (broad SMARTS) is 1. The molecule has 0 aliphatic rings. The minimum Gasteiger partial charge on any atom is -0.481 e. The van der Waals surface area contributed by atoms with E-state index in [1.165, 1.54) is 23.9 Å². The Hall–Kier alpha value is -1.56. The molecular formula is C15H19FN2O2S. The van der Waals surface area contributed by atoms with Crippen molar-refractivity contribution in [3.8, 4) is 0 Å². The monoisotopic (exact) mass is 310 g/mol. The lowest BCUT2D eigenvalue weighted by molar-refractivity contribution is -0.133. The van der Waals surface area contributed by atoms with Crippen molar-refractivity contribution in [2.75, 3.05) is 5.75 Å². The van der Waals surface area contributed by atoms with Gasteiger partial charge in [-0.1, -0.05) is 32.0 Å². The van der Waals surface area contributed by atoms with Crippen LogP contribution < -0.4 is 0 Å². The molecule has 0 aliphatic carbocycles. The molecule has 21 heavy (non-hydrogen) atoms. The molecule has 0 saturated carbocycles. The van der Waals surface area contributed by atoms with Gasteiger partial charge in [0.2, 0.25) is 0 Å². The molecule has 0 amide bonds. The van der Waals surface area contributed by atoms with Crippen molar-refractivity contribution in [1.82, 2.24) is 9.55 Å². The average Bonchev–Trinajstić information content (AvgIpc) is 2.80. The number of hydrogen-bond acceptors (Lipinski definition) is 3. The van der Waals surface area contributed by atoms with Gasteiger partial charge in [-0.3, -0.25) is 4.79 Å². The van der Waals surface area contributed by atoms with Crippen LogP contribution in [0.25, 0.3) is 11.0 Å². The van der Waals surface area contributed by atoms with E-state index in [-0.39, 0.29) is 17.6 Å². The maximum atomic E-state index is 13.5. The predicted molar refractivity (Wildman–Crippen MR) is 82.2 cm³/mol. The topological polar surface area (TPSA) is 55.1 Å². The highest BCUT2D eigenvalue weighted by Gasteiger charge is 2.21. The van der Waals surface area contributed by atoms with Crippen LogP contribution >= 0.6 is 11.8 Å². The zero-order valence-corrected chi connectivity index (χ0v) is 13.2. The molecule has 0 radical (unpaired) electrons. The third kappa shape index (κ3) is 3.37. The predicted octanol–water partition coefficient (Wildman–Crippen LogP) is 3.96. The van der Waals surface area contributed by atoms with E-state index in [4.69, 9.17) is 5.11 Å². The maximum Gasteiger partial charge on any atom is 0.313 e. The van der Waals surface area contributed by atoms with Gasteiger partial charge >= 0.3 is 5.97 Å². The highest BCUT2D eigenvalue weighted by molar-refractivity contribution is 7.99. The van der Waals surface area contributed by atoms with E-state index >= 15 is 0 Å². The van der Waals surface area contributed by atoms with Crippen molar-refractivity contribution in [2.24, 2.45) is 5.92 Å². The minimum absolute atomic E-state index is 0.0565. The van der Waals surface area contributed by atoms with E-state index in [2.05, 4.69) is 25.8 Å². The summed E-state index contributed by atoms with van der Waals surface area (Å²) in [5.74, 6) is -0.871. The van der Waals surface area contributed by atoms with Crippen molar-refractivity contribution in [1.29, 1.82) is 0 Å². The number of carboxylic acids is 1. The number of aliphatic carboxylic acids is 1. The lowest BCUT2D eigenvalue weighted by Crippen LogP contribution is -2.15. The van der Waals surface area contributed by atoms with Crippen molar-refractivity contribution < 1.29 is 14.3 Å². The molecule has 0 aliphatic heterocycles. The van der Waals surface area contributed by atoms with Gasteiger partial charge in [-0.25, -0.2) is 9.37 Å². The van der Waals surface area contributed by atoms with Crippen molar-refractivity contribution in [3.63, 3.8) is 0 Å². The van der Waals surface area contributed by atoms with Gasteiger partial charge in [-0.05, 0) is 31.0 Å². The second kappa shape index (κ2) is 6.47. The number of nitrogens with zero attached hydrogens (tertiary/aromatic N) is 2. The molecule has 1 heterocycles. The first-order valence-corrected chi connectivity index (χ1v) is 7.94. The van der Waals surface area contributed by atoms with Crippen LogP contribution in [0, 0.1) is 11.7 Å². The van der Waals surface area contributed by atoms with Crippen LogP contribution in [-0.4, -0.2) is 26.4 Å². The van der Waals surface area contributed by atoms with E-state index in [0.717, 1.165) is 11.9 Å². The average molecular weight is 310 g/mol. The van der Waals surface area contributed by atoms with Gasteiger partial charge in [-0.15, -0.1) is 0 Å². The molecular weight excluding hydrogens is 291 g/mol. The summed E-state index contributed by atoms with van der Waals surface area (Å²) in [6.45, 7) is 6.29. The van der Waals surface area contributed by atoms with Crippen molar-refractivity contribution in [3.05, 3.63) is 24.0 Å². The number of benzene rings is 1. The van der Waals surface area contributed by atoms with Gasteiger partial charge < -0.3 is 9.67 Å². The summed E-state index contributed by atoms with van der Waals surface area (Å²) in [4.78, 5) is 15.3. The minimum atomic E-state index is -0.888. The molecule has 4 nitrogen and oxygen atoms in total. The first-order chi connectivity index (χ1) is 9.93. The number of hydrogen-bond donors (Lipinski definition) is 1. The molecule has 0 fully saturated rings. The van der Waals surface area contributed by atoms with Gasteiger partial charge in [0.1, 0.15) is 5.82 Å². The molecule has 2 aromatic rings. The molecule has 2 rings (SSSR count). The summed E-state index contributed by atoms with van der Waals surface area (Å²) in [6.07, 6.45) is 0.985. The molecule has 2 unspecified atom stereocenters. The smallest absolute Gasteiger partial charge is 0.313 e. The summed E-state index contributed by atoms with van der Waals surface area (Å²) in [5, 5.41) is 9.49.